The molecule has 0 spiro atoms. The predicted octanol–water partition coefficient (Wildman–Crippen LogP) is 3.86. The van der Waals surface area contributed by atoms with Crippen LogP contribution in [0.5, 0.6) is 5.75 Å². The molecule has 3 aromatic carbocycles. The lowest BCUT2D eigenvalue weighted by Crippen LogP contribution is -2.31. The van der Waals surface area contributed by atoms with Crippen molar-refractivity contribution in [1.29, 1.82) is 0 Å². The first-order chi connectivity index (χ1) is 12.6. The molecule has 26 heavy (non-hydrogen) atoms. The van der Waals surface area contributed by atoms with Gasteiger partial charge in [0.2, 0.25) is 0 Å². The summed E-state index contributed by atoms with van der Waals surface area (Å²) in [6.45, 7) is 2.65. The Morgan fingerprint density at radius 2 is 1.77 bits per heavy atom. The van der Waals surface area contributed by atoms with Gasteiger partial charge >= 0.3 is 0 Å². The summed E-state index contributed by atoms with van der Waals surface area (Å²) >= 11 is 0. The van der Waals surface area contributed by atoms with Crippen LogP contribution in [0.4, 0.5) is 0 Å². The van der Waals surface area contributed by atoms with Gasteiger partial charge in [0.15, 0.2) is 6.61 Å². The second-order valence-electron chi connectivity index (χ2n) is 6.24. The van der Waals surface area contributed by atoms with Crippen molar-refractivity contribution in [2.75, 3.05) is 20.2 Å². The number of aliphatic hydroxyl groups is 1. The summed E-state index contributed by atoms with van der Waals surface area (Å²) < 4.78 is 5.63. The second kappa shape index (κ2) is 8.02. The molecule has 3 aromatic rings. The van der Waals surface area contributed by atoms with Crippen LogP contribution >= 0.6 is 0 Å². The third kappa shape index (κ3) is 3.86. The molecule has 0 radical (unpaired) electrons. The molecule has 0 bridgehead atoms. The van der Waals surface area contributed by atoms with E-state index in [4.69, 9.17) is 4.74 Å². The van der Waals surface area contributed by atoms with Crippen molar-refractivity contribution in [3.8, 4) is 16.9 Å². The normalized spacial score (nSPS) is 10.7. The molecule has 0 saturated carbocycles. The van der Waals surface area contributed by atoms with Gasteiger partial charge in [-0.05, 0) is 52.6 Å². The molecule has 0 aromatic heterocycles. The fourth-order valence-electron chi connectivity index (χ4n) is 2.85. The monoisotopic (exact) mass is 349 g/mol. The lowest BCUT2D eigenvalue weighted by atomic mass is 9.97. The van der Waals surface area contributed by atoms with E-state index in [1.807, 2.05) is 61.5 Å². The lowest BCUT2D eigenvalue weighted by Gasteiger charge is -2.15. The number of nitrogens with zero attached hydrogens (tertiary/aromatic N) is 1. The van der Waals surface area contributed by atoms with Gasteiger partial charge in [-0.3, -0.25) is 4.79 Å². The van der Waals surface area contributed by atoms with Crippen molar-refractivity contribution >= 4 is 16.7 Å². The van der Waals surface area contributed by atoms with Gasteiger partial charge < -0.3 is 14.7 Å². The Hall–Kier alpha value is -2.85. The Bertz CT molecular complexity index is 920. The van der Waals surface area contributed by atoms with E-state index in [-0.39, 0.29) is 19.1 Å². The molecular formula is C22H23NO3. The van der Waals surface area contributed by atoms with Crippen LogP contribution in [0.25, 0.3) is 21.9 Å². The first-order valence-corrected chi connectivity index (χ1v) is 8.72. The quantitative estimate of drug-likeness (QED) is 0.735. The Morgan fingerprint density at radius 3 is 2.54 bits per heavy atom. The number of hydrogen-bond acceptors (Lipinski definition) is 3. The van der Waals surface area contributed by atoms with Crippen LogP contribution in [0.15, 0.2) is 60.7 Å². The van der Waals surface area contributed by atoms with Crippen LogP contribution in [-0.4, -0.2) is 36.1 Å². The standard InChI is InChI=1S/C22H23NO3/c1-3-23(2)22(25)15-26-20-11-10-16-12-18(9-8-17(16)13-20)21-7-5-4-6-19(21)14-24/h4-13,24H,3,14-15H2,1-2H3. The number of ether oxygens (including phenoxy) is 1. The zero-order valence-corrected chi connectivity index (χ0v) is 15.1. The highest BCUT2D eigenvalue weighted by Gasteiger charge is 2.08. The Kier molecular flexibility index (Phi) is 5.54. The molecule has 0 unspecified atom stereocenters. The number of amides is 1. The molecule has 1 amide bonds. The van der Waals surface area contributed by atoms with E-state index in [0.717, 1.165) is 27.5 Å². The van der Waals surface area contributed by atoms with E-state index in [2.05, 4.69) is 6.07 Å². The molecule has 0 aliphatic rings. The number of carbonyl (C=O) groups is 1. The summed E-state index contributed by atoms with van der Waals surface area (Å²) in [7, 11) is 1.76. The summed E-state index contributed by atoms with van der Waals surface area (Å²) in [4.78, 5) is 13.5. The number of carbonyl (C=O) groups excluding carboxylic acids is 1. The summed E-state index contributed by atoms with van der Waals surface area (Å²) in [5.74, 6) is 0.641. The number of fused-ring (bicyclic) bond motifs is 1. The average molecular weight is 349 g/mol. The van der Waals surface area contributed by atoms with Gasteiger partial charge in [0.05, 0.1) is 6.61 Å². The molecule has 0 saturated heterocycles. The summed E-state index contributed by atoms with van der Waals surface area (Å²) in [5.41, 5.74) is 3.01. The van der Waals surface area contributed by atoms with Crippen molar-refractivity contribution < 1.29 is 14.6 Å². The van der Waals surface area contributed by atoms with E-state index in [9.17, 15) is 9.90 Å². The topological polar surface area (TPSA) is 49.8 Å². The lowest BCUT2D eigenvalue weighted by molar-refractivity contribution is -0.131. The molecule has 4 heteroatoms. The van der Waals surface area contributed by atoms with E-state index in [1.165, 1.54) is 0 Å². The van der Waals surface area contributed by atoms with E-state index < -0.39 is 0 Å². The fraction of sp³-hybridized carbons (Fsp3) is 0.227. The largest absolute Gasteiger partial charge is 0.484 e. The number of rotatable bonds is 6. The summed E-state index contributed by atoms with van der Waals surface area (Å²) in [6, 6.07) is 19.8. The predicted molar refractivity (Wildman–Crippen MR) is 104 cm³/mol. The highest BCUT2D eigenvalue weighted by molar-refractivity contribution is 5.89. The van der Waals surface area contributed by atoms with Gasteiger partial charge in [0.1, 0.15) is 5.75 Å². The van der Waals surface area contributed by atoms with Crippen LogP contribution in [0.3, 0.4) is 0 Å². The Balaban J connectivity index is 1.83. The highest BCUT2D eigenvalue weighted by Crippen LogP contribution is 2.29. The van der Waals surface area contributed by atoms with Crippen molar-refractivity contribution in [2.45, 2.75) is 13.5 Å². The zero-order valence-electron chi connectivity index (χ0n) is 15.1. The van der Waals surface area contributed by atoms with E-state index >= 15 is 0 Å². The van der Waals surface area contributed by atoms with Gasteiger partial charge in [0, 0.05) is 13.6 Å². The van der Waals surface area contributed by atoms with Gasteiger partial charge in [-0.15, -0.1) is 0 Å². The van der Waals surface area contributed by atoms with Crippen LogP contribution in [-0.2, 0) is 11.4 Å². The minimum atomic E-state index is -0.0384. The first-order valence-electron chi connectivity index (χ1n) is 8.72. The molecule has 4 nitrogen and oxygen atoms in total. The number of aliphatic hydroxyl groups excluding tert-OH is 1. The maximum atomic E-state index is 11.9. The molecule has 0 aliphatic carbocycles. The zero-order chi connectivity index (χ0) is 18.5. The van der Waals surface area contributed by atoms with E-state index in [1.54, 1.807) is 11.9 Å². The summed E-state index contributed by atoms with van der Waals surface area (Å²) in [5, 5.41) is 11.7. The minimum Gasteiger partial charge on any atom is -0.484 e. The third-order valence-corrected chi connectivity index (χ3v) is 4.57. The van der Waals surface area contributed by atoms with Crippen molar-refractivity contribution in [3.63, 3.8) is 0 Å². The van der Waals surface area contributed by atoms with Gasteiger partial charge in [-0.25, -0.2) is 0 Å². The van der Waals surface area contributed by atoms with Crippen molar-refractivity contribution in [3.05, 3.63) is 66.2 Å². The maximum Gasteiger partial charge on any atom is 0.260 e. The molecule has 3 rings (SSSR count). The Morgan fingerprint density at radius 1 is 1.04 bits per heavy atom. The van der Waals surface area contributed by atoms with Crippen LogP contribution < -0.4 is 4.74 Å². The third-order valence-electron chi connectivity index (χ3n) is 4.57. The minimum absolute atomic E-state index is 0.0151. The average Bonchev–Trinajstić information content (AvgIpc) is 2.70. The molecule has 0 atom stereocenters. The SMILES string of the molecule is CCN(C)C(=O)COc1ccc2cc(-c3ccccc3CO)ccc2c1. The van der Waals surface area contributed by atoms with Crippen molar-refractivity contribution in [2.24, 2.45) is 0 Å². The van der Waals surface area contributed by atoms with Gasteiger partial charge in [0.25, 0.3) is 5.91 Å². The summed E-state index contributed by atoms with van der Waals surface area (Å²) in [6.07, 6.45) is 0. The molecule has 134 valence electrons. The number of benzene rings is 3. The van der Waals surface area contributed by atoms with Crippen LogP contribution in [0.1, 0.15) is 12.5 Å². The molecule has 0 fully saturated rings. The Labute approximate surface area is 153 Å². The van der Waals surface area contributed by atoms with Crippen molar-refractivity contribution in [1.82, 2.24) is 4.90 Å². The van der Waals surface area contributed by atoms with Gasteiger partial charge in [-0.1, -0.05) is 42.5 Å². The van der Waals surface area contributed by atoms with Gasteiger partial charge in [-0.2, -0.15) is 0 Å². The maximum absolute atomic E-state index is 11.9. The molecule has 0 aliphatic heterocycles. The smallest absolute Gasteiger partial charge is 0.260 e. The molecular weight excluding hydrogens is 326 g/mol. The second-order valence-corrected chi connectivity index (χ2v) is 6.24. The highest BCUT2D eigenvalue weighted by atomic mass is 16.5. The van der Waals surface area contributed by atoms with Crippen LogP contribution in [0.2, 0.25) is 0 Å². The van der Waals surface area contributed by atoms with Crippen LogP contribution in [0, 0.1) is 0 Å². The molecule has 1 N–H and O–H groups in total. The van der Waals surface area contributed by atoms with E-state index in [0.29, 0.717) is 12.3 Å². The molecule has 0 heterocycles. The number of likely N-dealkylation sites (N-methyl/N-ethyl adjacent to an activating group) is 1. The fourth-order valence-corrected chi connectivity index (χ4v) is 2.85. The number of hydrogen-bond donors (Lipinski definition) is 1. The first kappa shape index (κ1) is 18.0.